The SMILES string of the molecule is CC(NC(=O)CS(=O)(=O)c1nc2ccccc2[nH]1)c1ccccc1. The van der Waals surface area contributed by atoms with E-state index in [0.29, 0.717) is 11.0 Å². The minimum absolute atomic E-state index is 0.189. The van der Waals surface area contributed by atoms with Gasteiger partial charge in [-0.05, 0) is 24.6 Å². The summed E-state index contributed by atoms with van der Waals surface area (Å²) in [6.07, 6.45) is 0. The van der Waals surface area contributed by atoms with Crippen molar-refractivity contribution in [3.05, 3.63) is 60.2 Å². The van der Waals surface area contributed by atoms with Crippen LogP contribution in [0.3, 0.4) is 0 Å². The molecule has 0 fully saturated rings. The monoisotopic (exact) mass is 343 g/mol. The standard InChI is InChI=1S/C17H17N3O3S/c1-12(13-7-3-2-4-8-13)18-16(21)11-24(22,23)17-19-14-9-5-6-10-15(14)20-17/h2-10,12H,11H2,1H3,(H,18,21)(H,19,20). The average molecular weight is 343 g/mol. The van der Waals surface area contributed by atoms with Crippen molar-refractivity contribution in [2.75, 3.05) is 5.75 Å². The first-order valence-corrected chi connectivity index (χ1v) is 9.13. The third kappa shape index (κ3) is 3.46. The molecule has 0 saturated heterocycles. The second kappa shape index (κ2) is 6.45. The van der Waals surface area contributed by atoms with Crippen LogP contribution in [0.2, 0.25) is 0 Å². The number of imidazole rings is 1. The number of aromatic amines is 1. The molecule has 7 heteroatoms. The van der Waals surface area contributed by atoms with Gasteiger partial charge in [0.2, 0.25) is 20.9 Å². The molecule has 3 rings (SSSR count). The molecule has 2 aromatic carbocycles. The van der Waals surface area contributed by atoms with Crippen molar-refractivity contribution in [1.29, 1.82) is 0 Å². The molecular formula is C17H17N3O3S. The van der Waals surface area contributed by atoms with Gasteiger partial charge in [0.15, 0.2) is 0 Å². The predicted octanol–water partition coefficient (Wildman–Crippen LogP) is 2.21. The number of nitrogens with one attached hydrogen (secondary N) is 2. The average Bonchev–Trinajstić information content (AvgIpc) is 3.00. The van der Waals surface area contributed by atoms with Crippen LogP contribution in [0.4, 0.5) is 0 Å². The summed E-state index contributed by atoms with van der Waals surface area (Å²) in [4.78, 5) is 18.9. The van der Waals surface area contributed by atoms with Crippen LogP contribution in [0, 0.1) is 0 Å². The van der Waals surface area contributed by atoms with E-state index in [1.807, 2.05) is 30.3 Å². The number of para-hydroxylation sites is 2. The summed E-state index contributed by atoms with van der Waals surface area (Å²) in [5.74, 6) is -1.21. The van der Waals surface area contributed by atoms with E-state index < -0.39 is 21.5 Å². The van der Waals surface area contributed by atoms with Crippen LogP contribution in [-0.4, -0.2) is 30.0 Å². The van der Waals surface area contributed by atoms with E-state index in [9.17, 15) is 13.2 Å². The highest BCUT2D eigenvalue weighted by Gasteiger charge is 2.24. The minimum atomic E-state index is -3.83. The number of benzene rings is 2. The van der Waals surface area contributed by atoms with Crippen LogP contribution in [0.5, 0.6) is 0 Å². The van der Waals surface area contributed by atoms with Gasteiger partial charge in [-0.25, -0.2) is 13.4 Å². The number of amides is 1. The first-order valence-electron chi connectivity index (χ1n) is 7.47. The van der Waals surface area contributed by atoms with Gasteiger partial charge in [0.25, 0.3) is 0 Å². The Morgan fingerprint density at radius 2 is 1.79 bits per heavy atom. The Morgan fingerprint density at radius 3 is 2.50 bits per heavy atom. The van der Waals surface area contributed by atoms with E-state index in [2.05, 4.69) is 15.3 Å². The summed E-state index contributed by atoms with van der Waals surface area (Å²) in [6, 6.07) is 16.1. The summed E-state index contributed by atoms with van der Waals surface area (Å²) < 4.78 is 24.8. The van der Waals surface area contributed by atoms with Gasteiger partial charge in [0, 0.05) is 0 Å². The van der Waals surface area contributed by atoms with E-state index in [4.69, 9.17) is 0 Å². The van der Waals surface area contributed by atoms with Crippen molar-refractivity contribution in [3.8, 4) is 0 Å². The van der Waals surface area contributed by atoms with Gasteiger partial charge in [0.1, 0.15) is 5.75 Å². The van der Waals surface area contributed by atoms with Gasteiger partial charge < -0.3 is 10.3 Å². The lowest BCUT2D eigenvalue weighted by Gasteiger charge is -2.13. The molecule has 124 valence electrons. The maximum absolute atomic E-state index is 12.4. The number of hydrogen-bond acceptors (Lipinski definition) is 4. The van der Waals surface area contributed by atoms with E-state index >= 15 is 0 Å². The van der Waals surface area contributed by atoms with Crippen LogP contribution in [0.25, 0.3) is 11.0 Å². The third-order valence-corrected chi connectivity index (χ3v) is 5.09. The van der Waals surface area contributed by atoms with Gasteiger partial charge in [-0.15, -0.1) is 0 Å². The molecule has 0 bridgehead atoms. The van der Waals surface area contributed by atoms with Crippen LogP contribution < -0.4 is 5.32 Å². The quantitative estimate of drug-likeness (QED) is 0.743. The molecule has 1 amide bonds. The second-order valence-corrected chi connectivity index (χ2v) is 7.42. The van der Waals surface area contributed by atoms with Crippen molar-refractivity contribution >= 4 is 26.8 Å². The summed E-state index contributed by atoms with van der Waals surface area (Å²) in [6.45, 7) is 1.81. The highest BCUT2D eigenvalue weighted by Crippen LogP contribution is 2.16. The fraction of sp³-hybridized carbons (Fsp3) is 0.176. The molecule has 24 heavy (non-hydrogen) atoms. The molecule has 6 nitrogen and oxygen atoms in total. The highest BCUT2D eigenvalue weighted by atomic mass is 32.2. The lowest BCUT2D eigenvalue weighted by atomic mass is 10.1. The van der Waals surface area contributed by atoms with Crippen LogP contribution in [0.15, 0.2) is 59.8 Å². The maximum Gasteiger partial charge on any atom is 0.236 e. The molecule has 0 aliphatic heterocycles. The van der Waals surface area contributed by atoms with Crippen molar-refractivity contribution in [2.24, 2.45) is 0 Å². The summed E-state index contributed by atoms with van der Waals surface area (Å²) in [5, 5.41) is 2.51. The molecule has 1 heterocycles. The fourth-order valence-electron chi connectivity index (χ4n) is 2.43. The Balaban J connectivity index is 1.73. The second-order valence-electron chi connectivity index (χ2n) is 5.52. The van der Waals surface area contributed by atoms with Crippen molar-refractivity contribution in [2.45, 2.75) is 18.1 Å². The number of rotatable bonds is 5. The number of carbonyl (C=O) groups excluding carboxylic acids is 1. The molecule has 1 aromatic heterocycles. The number of carbonyl (C=O) groups is 1. The van der Waals surface area contributed by atoms with Crippen molar-refractivity contribution in [1.82, 2.24) is 15.3 Å². The largest absolute Gasteiger partial charge is 0.349 e. The normalized spacial score (nSPS) is 12.9. The summed E-state index contributed by atoms with van der Waals surface area (Å²) in [5.41, 5.74) is 2.08. The molecule has 3 aromatic rings. The minimum Gasteiger partial charge on any atom is -0.349 e. The van der Waals surface area contributed by atoms with E-state index in [0.717, 1.165) is 5.56 Å². The molecule has 0 spiro atoms. The molecule has 1 atom stereocenters. The molecular weight excluding hydrogens is 326 g/mol. The Labute approximate surface area is 139 Å². The molecule has 0 radical (unpaired) electrons. The maximum atomic E-state index is 12.4. The van der Waals surface area contributed by atoms with E-state index in [1.54, 1.807) is 31.2 Å². The van der Waals surface area contributed by atoms with Crippen molar-refractivity contribution < 1.29 is 13.2 Å². The van der Waals surface area contributed by atoms with Crippen LogP contribution in [-0.2, 0) is 14.6 Å². The Kier molecular flexibility index (Phi) is 4.35. The first-order chi connectivity index (χ1) is 11.5. The zero-order valence-corrected chi connectivity index (χ0v) is 13.9. The van der Waals surface area contributed by atoms with E-state index in [1.165, 1.54) is 0 Å². The smallest absolute Gasteiger partial charge is 0.236 e. The number of hydrogen-bond donors (Lipinski definition) is 2. The predicted molar refractivity (Wildman–Crippen MR) is 91.1 cm³/mol. The molecule has 0 saturated carbocycles. The summed E-state index contributed by atoms with van der Waals surface area (Å²) in [7, 11) is -3.83. The number of nitrogens with zero attached hydrogens (tertiary/aromatic N) is 1. The Bertz CT molecular complexity index is 932. The summed E-state index contributed by atoms with van der Waals surface area (Å²) >= 11 is 0. The highest BCUT2D eigenvalue weighted by molar-refractivity contribution is 7.91. The van der Waals surface area contributed by atoms with Crippen LogP contribution in [0.1, 0.15) is 18.5 Å². The van der Waals surface area contributed by atoms with Gasteiger partial charge in [-0.3, -0.25) is 4.79 Å². The van der Waals surface area contributed by atoms with Crippen LogP contribution >= 0.6 is 0 Å². The molecule has 0 aliphatic carbocycles. The number of H-pyrrole nitrogens is 1. The fourth-order valence-corrected chi connectivity index (χ4v) is 3.49. The number of sulfone groups is 1. The molecule has 0 aliphatic rings. The van der Waals surface area contributed by atoms with Gasteiger partial charge >= 0.3 is 0 Å². The third-order valence-electron chi connectivity index (χ3n) is 3.66. The Hall–Kier alpha value is -2.67. The Morgan fingerprint density at radius 1 is 1.12 bits per heavy atom. The zero-order valence-electron chi connectivity index (χ0n) is 13.1. The lowest BCUT2D eigenvalue weighted by Crippen LogP contribution is -2.32. The number of aromatic nitrogens is 2. The zero-order chi connectivity index (χ0) is 17.2. The molecule has 2 N–H and O–H groups in total. The van der Waals surface area contributed by atoms with Gasteiger partial charge in [0.05, 0.1) is 17.1 Å². The lowest BCUT2D eigenvalue weighted by molar-refractivity contribution is -0.119. The van der Waals surface area contributed by atoms with Gasteiger partial charge in [-0.1, -0.05) is 42.5 Å². The molecule has 1 unspecified atom stereocenters. The number of fused-ring (bicyclic) bond motifs is 1. The first kappa shape index (κ1) is 16.2. The van der Waals surface area contributed by atoms with Gasteiger partial charge in [-0.2, -0.15) is 0 Å². The van der Waals surface area contributed by atoms with Crippen molar-refractivity contribution in [3.63, 3.8) is 0 Å². The topological polar surface area (TPSA) is 91.9 Å². The van der Waals surface area contributed by atoms with E-state index in [-0.39, 0.29) is 11.2 Å².